The highest BCUT2D eigenvalue weighted by Gasteiger charge is 2.16. The van der Waals surface area contributed by atoms with E-state index in [4.69, 9.17) is 9.84 Å². The number of carboxylic acid groups (broad SMARTS) is 1. The lowest BCUT2D eigenvalue weighted by Crippen LogP contribution is -2.23. The van der Waals surface area contributed by atoms with Crippen LogP contribution < -0.4 is 0 Å². The number of hydrogen-bond donors (Lipinski definition) is 2. The fourth-order valence-electron chi connectivity index (χ4n) is 1.35. The number of aromatic carboxylic acids is 1. The number of hydrogen-bond acceptors (Lipinski definition) is 3. The molecule has 0 saturated carbocycles. The van der Waals surface area contributed by atoms with Gasteiger partial charge in [0.25, 0.3) is 0 Å². The Morgan fingerprint density at radius 2 is 2.06 bits per heavy atom. The summed E-state index contributed by atoms with van der Waals surface area (Å²) in [5, 5.41) is 8.71. The second-order valence-corrected chi connectivity index (χ2v) is 4.81. The minimum atomic E-state index is -1.01. The molecule has 0 bridgehead atoms. The SMILES string of the molecule is CC(C)(C)OC(=O)CCc1c[nH]c(C(=O)O)c1. The van der Waals surface area contributed by atoms with Gasteiger partial charge in [0.2, 0.25) is 0 Å². The Bertz CT molecular complexity index is 414. The average Bonchev–Trinajstić information content (AvgIpc) is 2.60. The zero-order chi connectivity index (χ0) is 13.1. The van der Waals surface area contributed by atoms with Crippen LogP contribution in [-0.4, -0.2) is 27.6 Å². The van der Waals surface area contributed by atoms with E-state index in [1.54, 1.807) is 6.20 Å². The van der Waals surface area contributed by atoms with Gasteiger partial charge in [0.05, 0.1) is 0 Å². The Balaban J connectivity index is 2.45. The van der Waals surface area contributed by atoms with Crippen LogP contribution in [0.25, 0.3) is 0 Å². The monoisotopic (exact) mass is 239 g/mol. The lowest BCUT2D eigenvalue weighted by molar-refractivity contribution is -0.154. The lowest BCUT2D eigenvalue weighted by Gasteiger charge is -2.19. The van der Waals surface area contributed by atoms with Crippen molar-refractivity contribution in [1.82, 2.24) is 4.98 Å². The molecule has 0 fully saturated rings. The predicted molar refractivity (Wildman–Crippen MR) is 61.9 cm³/mol. The predicted octanol–water partition coefficient (Wildman–Crippen LogP) is 1.99. The Kier molecular flexibility index (Phi) is 3.93. The summed E-state index contributed by atoms with van der Waals surface area (Å²) in [5.74, 6) is -1.29. The molecule has 1 heterocycles. The fraction of sp³-hybridized carbons (Fsp3) is 0.500. The summed E-state index contributed by atoms with van der Waals surface area (Å²) in [6, 6.07) is 1.52. The van der Waals surface area contributed by atoms with Crippen LogP contribution in [0.1, 0.15) is 43.2 Å². The van der Waals surface area contributed by atoms with Gasteiger partial charge in [-0.25, -0.2) is 4.79 Å². The highest BCUT2D eigenvalue weighted by atomic mass is 16.6. The number of H-pyrrole nitrogens is 1. The number of rotatable bonds is 4. The lowest BCUT2D eigenvalue weighted by atomic mass is 10.1. The van der Waals surface area contributed by atoms with E-state index in [0.717, 1.165) is 5.56 Å². The van der Waals surface area contributed by atoms with Crippen molar-refractivity contribution in [2.24, 2.45) is 0 Å². The molecular formula is C12H17NO4. The molecule has 2 N–H and O–H groups in total. The molecule has 94 valence electrons. The summed E-state index contributed by atoms with van der Waals surface area (Å²) in [4.78, 5) is 24.7. The maximum atomic E-state index is 11.4. The summed E-state index contributed by atoms with van der Waals surface area (Å²) in [6.07, 6.45) is 2.31. The molecule has 17 heavy (non-hydrogen) atoms. The smallest absolute Gasteiger partial charge is 0.352 e. The molecule has 1 rings (SSSR count). The van der Waals surface area contributed by atoms with Gasteiger partial charge in [-0.15, -0.1) is 0 Å². The number of ether oxygens (including phenoxy) is 1. The van der Waals surface area contributed by atoms with Crippen molar-refractivity contribution in [3.8, 4) is 0 Å². The minimum Gasteiger partial charge on any atom is -0.477 e. The summed E-state index contributed by atoms with van der Waals surface area (Å²) in [7, 11) is 0. The van der Waals surface area contributed by atoms with Crippen molar-refractivity contribution in [2.75, 3.05) is 0 Å². The topological polar surface area (TPSA) is 79.4 Å². The third-order valence-corrected chi connectivity index (χ3v) is 2.01. The number of carbonyl (C=O) groups excluding carboxylic acids is 1. The second kappa shape index (κ2) is 5.03. The largest absolute Gasteiger partial charge is 0.477 e. The summed E-state index contributed by atoms with van der Waals surface area (Å²) in [6.45, 7) is 5.43. The molecule has 0 aliphatic rings. The van der Waals surface area contributed by atoms with Gasteiger partial charge >= 0.3 is 11.9 Å². The van der Waals surface area contributed by atoms with Gasteiger partial charge in [0, 0.05) is 12.6 Å². The molecular weight excluding hydrogens is 222 g/mol. The summed E-state index contributed by atoms with van der Waals surface area (Å²) < 4.78 is 5.15. The Hall–Kier alpha value is -1.78. The van der Waals surface area contributed by atoms with E-state index in [-0.39, 0.29) is 18.1 Å². The number of esters is 1. The van der Waals surface area contributed by atoms with Crippen LogP contribution in [0.4, 0.5) is 0 Å². The van der Waals surface area contributed by atoms with Gasteiger partial charge in [-0.1, -0.05) is 0 Å². The second-order valence-electron chi connectivity index (χ2n) is 4.81. The van der Waals surface area contributed by atoms with E-state index in [0.29, 0.717) is 6.42 Å². The number of aryl methyl sites for hydroxylation is 1. The highest BCUT2D eigenvalue weighted by Crippen LogP contribution is 2.11. The molecule has 0 unspecified atom stereocenters. The minimum absolute atomic E-state index is 0.129. The van der Waals surface area contributed by atoms with E-state index in [9.17, 15) is 9.59 Å². The maximum absolute atomic E-state index is 11.4. The maximum Gasteiger partial charge on any atom is 0.352 e. The van der Waals surface area contributed by atoms with E-state index < -0.39 is 11.6 Å². The fourth-order valence-corrected chi connectivity index (χ4v) is 1.35. The van der Waals surface area contributed by atoms with Crippen LogP contribution in [0.15, 0.2) is 12.3 Å². The van der Waals surface area contributed by atoms with Gasteiger partial charge in [0.15, 0.2) is 0 Å². The molecule has 5 heteroatoms. The first-order valence-corrected chi connectivity index (χ1v) is 5.40. The number of carbonyl (C=O) groups is 2. The van der Waals surface area contributed by atoms with Crippen LogP contribution in [0.2, 0.25) is 0 Å². The first-order chi connectivity index (χ1) is 7.78. The molecule has 0 saturated heterocycles. The standard InChI is InChI=1S/C12H17NO4/c1-12(2,3)17-10(14)5-4-8-6-9(11(15)16)13-7-8/h6-7,13H,4-5H2,1-3H3,(H,15,16). The van der Waals surface area contributed by atoms with Crippen LogP contribution in [0.5, 0.6) is 0 Å². The van der Waals surface area contributed by atoms with Crippen LogP contribution in [-0.2, 0) is 16.0 Å². The van der Waals surface area contributed by atoms with Crippen molar-refractivity contribution in [3.63, 3.8) is 0 Å². The molecule has 1 aromatic rings. The third-order valence-electron chi connectivity index (χ3n) is 2.01. The molecule has 0 aliphatic carbocycles. The van der Waals surface area contributed by atoms with Gasteiger partial charge in [-0.3, -0.25) is 4.79 Å². The van der Waals surface area contributed by atoms with Crippen molar-refractivity contribution < 1.29 is 19.4 Å². The zero-order valence-electron chi connectivity index (χ0n) is 10.2. The number of nitrogens with one attached hydrogen (secondary N) is 1. The van der Waals surface area contributed by atoms with Gasteiger partial charge < -0.3 is 14.8 Å². The molecule has 5 nitrogen and oxygen atoms in total. The van der Waals surface area contributed by atoms with Crippen LogP contribution in [0, 0.1) is 0 Å². The summed E-state index contributed by atoms with van der Waals surface area (Å²) in [5.41, 5.74) is 0.430. The first kappa shape index (κ1) is 13.3. The van der Waals surface area contributed by atoms with E-state index in [2.05, 4.69) is 4.98 Å². The van der Waals surface area contributed by atoms with E-state index >= 15 is 0 Å². The van der Waals surface area contributed by atoms with Crippen LogP contribution in [0.3, 0.4) is 0 Å². The zero-order valence-corrected chi connectivity index (χ0v) is 10.2. The molecule has 0 radical (unpaired) electrons. The van der Waals surface area contributed by atoms with Crippen molar-refractivity contribution in [3.05, 3.63) is 23.5 Å². The quantitative estimate of drug-likeness (QED) is 0.787. The molecule has 0 aromatic carbocycles. The first-order valence-electron chi connectivity index (χ1n) is 5.40. The Morgan fingerprint density at radius 1 is 1.41 bits per heavy atom. The molecule has 0 amide bonds. The van der Waals surface area contributed by atoms with Crippen LogP contribution >= 0.6 is 0 Å². The third kappa shape index (κ3) is 4.72. The van der Waals surface area contributed by atoms with Gasteiger partial charge in [0.1, 0.15) is 11.3 Å². The number of aromatic nitrogens is 1. The van der Waals surface area contributed by atoms with Gasteiger partial charge in [-0.05, 0) is 38.8 Å². The molecule has 1 aromatic heterocycles. The molecule has 0 atom stereocenters. The normalized spacial score (nSPS) is 11.2. The molecule has 0 spiro atoms. The van der Waals surface area contributed by atoms with Crippen molar-refractivity contribution in [2.45, 2.75) is 39.2 Å². The average molecular weight is 239 g/mol. The van der Waals surface area contributed by atoms with Crippen molar-refractivity contribution in [1.29, 1.82) is 0 Å². The van der Waals surface area contributed by atoms with Gasteiger partial charge in [-0.2, -0.15) is 0 Å². The number of carboxylic acids is 1. The number of aromatic amines is 1. The Labute approximate surface area is 99.8 Å². The Morgan fingerprint density at radius 3 is 2.53 bits per heavy atom. The van der Waals surface area contributed by atoms with Crippen molar-refractivity contribution >= 4 is 11.9 Å². The highest BCUT2D eigenvalue weighted by molar-refractivity contribution is 5.85. The summed E-state index contributed by atoms with van der Waals surface area (Å²) >= 11 is 0. The van der Waals surface area contributed by atoms with E-state index in [1.807, 2.05) is 20.8 Å². The molecule has 0 aliphatic heterocycles. The van der Waals surface area contributed by atoms with E-state index in [1.165, 1.54) is 6.07 Å².